The third-order valence-electron chi connectivity index (χ3n) is 2.24. The lowest BCUT2D eigenvalue weighted by molar-refractivity contribution is 0.640. The van der Waals surface area contributed by atoms with Crippen molar-refractivity contribution in [2.45, 2.75) is 26.2 Å². The van der Waals surface area contributed by atoms with E-state index in [-0.39, 0.29) is 0 Å². The summed E-state index contributed by atoms with van der Waals surface area (Å²) in [4.78, 5) is 0. The molecule has 0 aromatic heterocycles. The Kier molecular flexibility index (Phi) is 6.30. The van der Waals surface area contributed by atoms with Crippen LogP contribution in [-0.2, 0) is 6.42 Å². The average Bonchev–Trinajstić information content (AvgIpc) is 2.20. The van der Waals surface area contributed by atoms with Crippen molar-refractivity contribution in [3.63, 3.8) is 0 Å². The van der Waals surface area contributed by atoms with E-state index < -0.39 is 0 Å². The highest BCUT2D eigenvalue weighted by molar-refractivity contribution is 9.10. The highest BCUT2D eigenvalue weighted by Gasteiger charge is 2.00. The van der Waals surface area contributed by atoms with E-state index >= 15 is 0 Å². The average molecular weight is 291 g/mol. The second-order valence-electron chi connectivity index (χ2n) is 3.59. The minimum Gasteiger partial charge on any atom is -0.317 e. The summed E-state index contributed by atoms with van der Waals surface area (Å²) in [6.45, 7) is 4.35. The molecule has 0 aliphatic carbocycles. The minimum atomic E-state index is 0.861. The number of halogens is 2. The number of benzene rings is 1. The highest BCUT2D eigenvalue weighted by atomic mass is 79.9. The fourth-order valence-corrected chi connectivity index (χ4v) is 2.20. The summed E-state index contributed by atoms with van der Waals surface area (Å²) in [5.41, 5.74) is 1.23. The van der Waals surface area contributed by atoms with Crippen LogP contribution in [0.2, 0.25) is 5.02 Å². The first-order valence-electron chi connectivity index (χ1n) is 5.38. The van der Waals surface area contributed by atoms with Crippen molar-refractivity contribution in [2.75, 3.05) is 13.1 Å². The summed E-state index contributed by atoms with van der Waals surface area (Å²) < 4.78 is 1.04. The van der Waals surface area contributed by atoms with Crippen LogP contribution in [0.4, 0.5) is 0 Å². The van der Waals surface area contributed by atoms with E-state index in [0.29, 0.717) is 0 Å². The van der Waals surface area contributed by atoms with Crippen LogP contribution >= 0.6 is 27.5 Å². The summed E-state index contributed by atoms with van der Waals surface area (Å²) in [6.07, 6.45) is 3.38. The predicted octanol–water partition coefficient (Wildman–Crippen LogP) is 4.03. The molecule has 0 saturated heterocycles. The summed E-state index contributed by atoms with van der Waals surface area (Å²) in [5, 5.41) is 4.24. The van der Waals surface area contributed by atoms with Crippen LogP contribution in [0, 0.1) is 0 Å². The third kappa shape index (κ3) is 5.01. The van der Waals surface area contributed by atoms with Gasteiger partial charge in [-0.3, -0.25) is 0 Å². The van der Waals surface area contributed by atoms with Gasteiger partial charge < -0.3 is 5.32 Å². The molecular weight excluding hydrogens is 273 g/mol. The Bertz CT molecular complexity index is 302. The van der Waals surface area contributed by atoms with Crippen LogP contribution in [-0.4, -0.2) is 13.1 Å². The standard InChI is InChI=1S/C12H17BrClN/c1-2-7-15-8-3-4-10-5-6-11(13)9-12(10)14/h5-6,9,15H,2-4,7-8H2,1H3. The molecule has 1 rings (SSSR count). The number of aryl methyl sites for hydroxylation is 1. The van der Waals surface area contributed by atoms with Crippen molar-refractivity contribution >= 4 is 27.5 Å². The van der Waals surface area contributed by atoms with Gasteiger partial charge in [0.15, 0.2) is 0 Å². The maximum absolute atomic E-state index is 6.12. The van der Waals surface area contributed by atoms with Crippen LogP contribution in [0.1, 0.15) is 25.3 Å². The van der Waals surface area contributed by atoms with E-state index in [1.54, 1.807) is 0 Å². The molecule has 0 bridgehead atoms. The molecule has 3 heteroatoms. The van der Waals surface area contributed by atoms with Gasteiger partial charge in [0, 0.05) is 9.50 Å². The zero-order valence-electron chi connectivity index (χ0n) is 9.02. The van der Waals surface area contributed by atoms with Crippen molar-refractivity contribution in [1.82, 2.24) is 5.32 Å². The van der Waals surface area contributed by atoms with Crippen molar-refractivity contribution in [3.05, 3.63) is 33.3 Å². The minimum absolute atomic E-state index is 0.861. The molecule has 0 aliphatic heterocycles. The summed E-state index contributed by atoms with van der Waals surface area (Å²) in [7, 11) is 0. The maximum Gasteiger partial charge on any atom is 0.0449 e. The predicted molar refractivity (Wildman–Crippen MR) is 70.6 cm³/mol. The van der Waals surface area contributed by atoms with Crippen LogP contribution in [0.3, 0.4) is 0 Å². The monoisotopic (exact) mass is 289 g/mol. The van der Waals surface area contributed by atoms with E-state index in [4.69, 9.17) is 11.6 Å². The van der Waals surface area contributed by atoms with Gasteiger partial charge in [-0.25, -0.2) is 0 Å². The van der Waals surface area contributed by atoms with Gasteiger partial charge in [-0.2, -0.15) is 0 Å². The molecule has 84 valence electrons. The zero-order chi connectivity index (χ0) is 11.1. The molecule has 1 N–H and O–H groups in total. The van der Waals surface area contributed by atoms with Gasteiger partial charge in [0.25, 0.3) is 0 Å². The molecule has 0 saturated carbocycles. The van der Waals surface area contributed by atoms with E-state index in [9.17, 15) is 0 Å². The van der Waals surface area contributed by atoms with E-state index in [1.165, 1.54) is 12.0 Å². The van der Waals surface area contributed by atoms with Gasteiger partial charge in [-0.15, -0.1) is 0 Å². The fourth-order valence-electron chi connectivity index (χ4n) is 1.43. The molecule has 1 nitrogen and oxygen atoms in total. The summed E-state index contributed by atoms with van der Waals surface area (Å²) in [6, 6.07) is 6.09. The molecule has 1 aromatic carbocycles. The summed E-state index contributed by atoms with van der Waals surface area (Å²) >= 11 is 9.52. The quantitative estimate of drug-likeness (QED) is 0.780. The lowest BCUT2D eigenvalue weighted by Gasteiger charge is -2.05. The maximum atomic E-state index is 6.12. The van der Waals surface area contributed by atoms with Crippen molar-refractivity contribution in [2.24, 2.45) is 0 Å². The Labute approximate surface area is 105 Å². The molecule has 0 unspecified atom stereocenters. The van der Waals surface area contributed by atoms with Crippen LogP contribution in [0.5, 0.6) is 0 Å². The Morgan fingerprint density at radius 3 is 2.80 bits per heavy atom. The first kappa shape index (κ1) is 13.0. The Hall–Kier alpha value is -0.0500. The first-order valence-corrected chi connectivity index (χ1v) is 6.55. The Balaban J connectivity index is 2.31. The molecule has 1 aromatic rings. The van der Waals surface area contributed by atoms with Crippen molar-refractivity contribution in [1.29, 1.82) is 0 Å². The molecule has 0 aliphatic rings. The van der Waals surface area contributed by atoms with Crippen molar-refractivity contribution in [3.8, 4) is 0 Å². The van der Waals surface area contributed by atoms with Gasteiger partial charge in [0.1, 0.15) is 0 Å². The number of hydrogen-bond donors (Lipinski definition) is 1. The van der Waals surface area contributed by atoms with Crippen LogP contribution in [0.15, 0.2) is 22.7 Å². The van der Waals surface area contributed by atoms with Crippen molar-refractivity contribution < 1.29 is 0 Å². The van der Waals surface area contributed by atoms with Gasteiger partial charge in [-0.1, -0.05) is 40.5 Å². The Morgan fingerprint density at radius 2 is 2.13 bits per heavy atom. The lowest BCUT2D eigenvalue weighted by atomic mass is 10.1. The van der Waals surface area contributed by atoms with E-state index in [2.05, 4.69) is 34.2 Å². The topological polar surface area (TPSA) is 12.0 Å². The molecule has 0 amide bonds. The smallest absolute Gasteiger partial charge is 0.0449 e. The highest BCUT2D eigenvalue weighted by Crippen LogP contribution is 2.22. The van der Waals surface area contributed by atoms with Gasteiger partial charge in [0.2, 0.25) is 0 Å². The lowest BCUT2D eigenvalue weighted by Crippen LogP contribution is -2.16. The Morgan fingerprint density at radius 1 is 1.33 bits per heavy atom. The molecule has 0 radical (unpaired) electrons. The summed E-state index contributed by atoms with van der Waals surface area (Å²) in [5.74, 6) is 0. The second-order valence-corrected chi connectivity index (χ2v) is 4.91. The van der Waals surface area contributed by atoms with Gasteiger partial charge in [0.05, 0.1) is 0 Å². The van der Waals surface area contributed by atoms with Gasteiger partial charge >= 0.3 is 0 Å². The largest absolute Gasteiger partial charge is 0.317 e. The third-order valence-corrected chi connectivity index (χ3v) is 3.09. The molecule has 0 fully saturated rings. The molecule has 0 atom stereocenters. The normalized spacial score (nSPS) is 10.6. The van der Waals surface area contributed by atoms with Gasteiger partial charge in [-0.05, 0) is 50.0 Å². The second kappa shape index (κ2) is 7.26. The molecule has 15 heavy (non-hydrogen) atoms. The first-order chi connectivity index (χ1) is 7.24. The van der Waals surface area contributed by atoms with E-state index in [1.807, 2.05) is 12.1 Å². The van der Waals surface area contributed by atoms with E-state index in [0.717, 1.165) is 35.4 Å². The van der Waals surface area contributed by atoms with Crippen LogP contribution in [0.25, 0.3) is 0 Å². The number of rotatable bonds is 6. The number of hydrogen-bond acceptors (Lipinski definition) is 1. The fraction of sp³-hybridized carbons (Fsp3) is 0.500. The molecule has 0 heterocycles. The zero-order valence-corrected chi connectivity index (χ0v) is 11.4. The SMILES string of the molecule is CCCNCCCc1ccc(Br)cc1Cl. The molecule has 0 spiro atoms. The molecular formula is C12H17BrClN. The number of nitrogens with one attached hydrogen (secondary N) is 1. The van der Waals surface area contributed by atoms with Crippen LogP contribution < -0.4 is 5.32 Å².